The Morgan fingerprint density at radius 3 is 2.37 bits per heavy atom. The van der Waals surface area contributed by atoms with Crippen LogP contribution in [0.2, 0.25) is 0 Å². The normalized spacial score (nSPS) is 13.0. The van der Waals surface area contributed by atoms with Crippen LogP contribution in [-0.2, 0) is 4.79 Å². The third kappa shape index (κ3) is 3.96. The maximum atomic E-state index is 12.1. The minimum atomic E-state index is -0.531. The third-order valence-corrected chi connectivity index (χ3v) is 3.17. The van der Waals surface area contributed by atoms with Crippen LogP contribution in [0.25, 0.3) is 0 Å². The second kappa shape index (κ2) is 5.61. The van der Waals surface area contributed by atoms with E-state index in [4.69, 9.17) is 5.73 Å². The van der Waals surface area contributed by atoms with E-state index in [1.54, 1.807) is 0 Å². The molecule has 4 heteroatoms. The summed E-state index contributed by atoms with van der Waals surface area (Å²) in [6, 6.07) is 5.32. The molecule has 4 nitrogen and oxygen atoms in total. The van der Waals surface area contributed by atoms with E-state index in [1.165, 1.54) is 5.56 Å². The van der Waals surface area contributed by atoms with Crippen molar-refractivity contribution in [1.29, 1.82) is 0 Å². The van der Waals surface area contributed by atoms with Crippen LogP contribution in [-0.4, -0.2) is 26.0 Å². The molecule has 0 saturated carbocycles. The lowest BCUT2D eigenvalue weighted by molar-refractivity contribution is -0.119. The first-order valence-corrected chi connectivity index (χ1v) is 6.47. The Kier molecular flexibility index (Phi) is 4.58. The molecule has 3 N–H and O–H groups in total. The predicted octanol–water partition coefficient (Wildman–Crippen LogP) is 2.37. The molecule has 19 heavy (non-hydrogen) atoms. The smallest absolute Gasteiger partial charge is 0.241 e. The molecule has 0 aromatic heterocycles. The molecule has 0 aliphatic heterocycles. The summed E-state index contributed by atoms with van der Waals surface area (Å²) in [5.74, 6) is -0.152. The van der Waals surface area contributed by atoms with Crippen LogP contribution >= 0.6 is 0 Å². The molecule has 0 aliphatic rings. The molecule has 0 unspecified atom stereocenters. The van der Waals surface area contributed by atoms with Gasteiger partial charge in [0.05, 0.1) is 6.04 Å². The molecule has 1 aromatic rings. The number of nitrogens with two attached hydrogens (primary N) is 1. The Hall–Kier alpha value is -1.55. The fraction of sp³-hybridized carbons (Fsp3) is 0.533. The molecule has 106 valence electrons. The van der Waals surface area contributed by atoms with Gasteiger partial charge >= 0.3 is 0 Å². The molecule has 1 rings (SSSR count). The van der Waals surface area contributed by atoms with Crippen molar-refractivity contribution < 1.29 is 4.79 Å². The van der Waals surface area contributed by atoms with Crippen molar-refractivity contribution in [2.45, 2.75) is 33.7 Å². The van der Waals surface area contributed by atoms with Gasteiger partial charge in [0.15, 0.2) is 0 Å². The van der Waals surface area contributed by atoms with Crippen molar-refractivity contribution in [1.82, 2.24) is 0 Å². The van der Waals surface area contributed by atoms with E-state index in [0.29, 0.717) is 0 Å². The Morgan fingerprint density at radius 2 is 1.89 bits per heavy atom. The van der Waals surface area contributed by atoms with Crippen LogP contribution in [0.1, 0.15) is 26.3 Å². The van der Waals surface area contributed by atoms with E-state index >= 15 is 0 Å². The van der Waals surface area contributed by atoms with Gasteiger partial charge in [-0.05, 0) is 30.0 Å². The predicted molar refractivity (Wildman–Crippen MR) is 81.6 cm³/mol. The summed E-state index contributed by atoms with van der Waals surface area (Å²) < 4.78 is 0. The lowest BCUT2D eigenvalue weighted by atomic mass is 9.87. The van der Waals surface area contributed by atoms with Crippen LogP contribution in [0.5, 0.6) is 0 Å². The molecule has 0 fully saturated rings. The SMILES string of the molecule is Cc1ccc(NC(=O)[C@H](N)C(C)(C)C)cc1N(C)C. The van der Waals surface area contributed by atoms with Crippen LogP contribution < -0.4 is 16.0 Å². The first kappa shape index (κ1) is 15.5. The number of amides is 1. The quantitative estimate of drug-likeness (QED) is 0.880. The molecule has 1 atom stereocenters. The van der Waals surface area contributed by atoms with Gasteiger partial charge in [0.2, 0.25) is 5.91 Å². The first-order chi connectivity index (χ1) is 8.62. The average molecular weight is 263 g/mol. The van der Waals surface area contributed by atoms with Crippen molar-refractivity contribution in [3.8, 4) is 0 Å². The fourth-order valence-electron chi connectivity index (χ4n) is 1.78. The summed E-state index contributed by atoms with van der Waals surface area (Å²) in [4.78, 5) is 14.1. The van der Waals surface area contributed by atoms with E-state index in [9.17, 15) is 4.79 Å². The number of hydrogen-bond donors (Lipinski definition) is 2. The van der Waals surface area contributed by atoms with E-state index in [2.05, 4.69) is 5.32 Å². The lowest BCUT2D eigenvalue weighted by Gasteiger charge is -2.26. The lowest BCUT2D eigenvalue weighted by Crippen LogP contribution is -2.45. The zero-order chi connectivity index (χ0) is 14.8. The summed E-state index contributed by atoms with van der Waals surface area (Å²) >= 11 is 0. The summed E-state index contributed by atoms with van der Waals surface area (Å²) in [7, 11) is 3.96. The van der Waals surface area contributed by atoms with E-state index in [-0.39, 0.29) is 11.3 Å². The standard InChI is InChI=1S/C15H25N3O/c1-10-7-8-11(9-12(10)18(5)6)17-14(19)13(16)15(2,3)4/h7-9,13H,16H2,1-6H3,(H,17,19)/t13-/m0/s1. The summed E-state index contributed by atoms with van der Waals surface area (Å²) in [5, 5.41) is 2.88. The van der Waals surface area contributed by atoms with Gasteiger partial charge in [-0.2, -0.15) is 0 Å². The monoisotopic (exact) mass is 263 g/mol. The average Bonchev–Trinajstić information content (AvgIpc) is 2.29. The molecular formula is C15H25N3O. The van der Waals surface area contributed by atoms with Crippen molar-refractivity contribution in [3.05, 3.63) is 23.8 Å². The fourth-order valence-corrected chi connectivity index (χ4v) is 1.78. The van der Waals surface area contributed by atoms with Crippen LogP contribution in [0.4, 0.5) is 11.4 Å². The number of nitrogens with zero attached hydrogens (tertiary/aromatic N) is 1. The number of hydrogen-bond acceptors (Lipinski definition) is 3. The van der Waals surface area contributed by atoms with Crippen molar-refractivity contribution in [3.63, 3.8) is 0 Å². The highest BCUT2D eigenvalue weighted by Gasteiger charge is 2.27. The number of benzene rings is 1. The van der Waals surface area contributed by atoms with Gasteiger partial charge in [-0.3, -0.25) is 4.79 Å². The summed E-state index contributed by atoms with van der Waals surface area (Å²) in [5.41, 5.74) is 8.73. The number of carbonyl (C=O) groups excluding carboxylic acids is 1. The molecule has 0 heterocycles. The Bertz CT molecular complexity index is 461. The van der Waals surface area contributed by atoms with Crippen LogP contribution in [0.3, 0.4) is 0 Å². The molecule has 0 spiro atoms. The number of rotatable bonds is 3. The molecule has 0 bridgehead atoms. The highest BCUT2D eigenvalue weighted by Crippen LogP contribution is 2.24. The highest BCUT2D eigenvalue weighted by molar-refractivity contribution is 5.95. The molecular weight excluding hydrogens is 238 g/mol. The van der Waals surface area contributed by atoms with E-state index in [1.807, 2.05) is 64.9 Å². The van der Waals surface area contributed by atoms with Crippen LogP contribution in [0, 0.1) is 12.3 Å². The third-order valence-electron chi connectivity index (χ3n) is 3.17. The van der Waals surface area contributed by atoms with Gasteiger partial charge in [0.25, 0.3) is 0 Å². The van der Waals surface area contributed by atoms with Crippen LogP contribution in [0.15, 0.2) is 18.2 Å². The zero-order valence-corrected chi connectivity index (χ0v) is 12.7. The molecule has 1 amide bonds. The van der Waals surface area contributed by atoms with Gasteiger partial charge in [-0.25, -0.2) is 0 Å². The zero-order valence-electron chi connectivity index (χ0n) is 12.7. The molecule has 1 aromatic carbocycles. The van der Waals surface area contributed by atoms with Gasteiger partial charge in [0, 0.05) is 25.5 Å². The maximum Gasteiger partial charge on any atom is 0.241 e. The largest absolute Gasteiger partial charge is 0.377 e. The number of carbonyl (C=O) groups is 1. The van der Waals surface area contributed by atoms with Gasteiger partial charge in [0.1, 0.15) is 0 Å². The number of nitrogens with one attached hydrogen (secondary N) is 1. The van der Waals surface area contributed by atoms with E-state index in [0.717, 1.165) is 11.4 Å². The summed E-state index contributed by atoms with van der Waals surface area (Å²) in [6.45, 7) is 7.91. The molecule has 0 saturated heterocycles. The van der Waals surface area contributed by atoms with Crippen molar-refractivity contribution in [2.75, 3.05) is 24.3 Å². The van der Waals surface area contributed by atoms with Gasteiger partial charge in [-0.15, -0.1) is 0 Å². The maximum absolute atomic E-state index is 12.1. The highest BCUT2D eigenvalue weighted by atomic mass is 16.2. The Balaban J connectivity index is 2.89. The van der Waals surface area contributed by atoms with Crippen molar-refractivity contribution >= 4 is 17.3 Å². The van der Waals surface area contributed by atoms with E-state index < -0.39 is 6.04 Å². The summed E-state index contributed by atoms with van der Waals surface area (Å²) in [6.07, 6.45) is 0. The second-order valence-corrected chi connectivity index (χ2v) is 6.23. The van der Waals surface area contributed by atoms with Gasteiger partial charge in [-0.1, -0.05) is 26.8 Å². The number of anilines is 2. The molecule has 0 aliphatic carbocycles. The second-order valence-electron chi connectivity index (χ2n) is 6.23. The van der Waals surface area contributed by atoms with Gasteiger partial charge < -0.3 is 16.0 Å². The Morgan fingerprint density at radius 1 is 1.32 bits per heavy atom. The Labute approximate surface area is 116 Å². The van der Waals surface area contributed by atoms with Crippen molar-refractivity contribution in [2.24, 2.45) is 11.1 Å². The molecule has 0 radical (unpaired) electrons. The minimum Gasteiger partial charge on any atom is -0.377 e. The first-order valence-electron chi connectivity index (χ1n) is 6.47. The minimum absolute atomic E-state index is 0.152. The number of aryl methyl sites for hydroxylation is 1. The topological polar surface area (TPSA) is 58.4 Å².